The Labute approximate surface area is 127 Å². The monoisotopic (exact) mass is 395 g/mol. The maximum Gasteiger partial charge on any atom is 0.416 e. The van der Waals surface area contributed by atoms with Crippen LogP contribution in [0.25, 0.3) is 0 Å². The lowest BCUT2D eigenvalue weighted by Gasteiger charge is -2.11. The second-order valence-corrected chi connectivity index (χ2v) is 5.46. The van der Waals surface area contributed by atoms with Gasteiger partial charge >= 0.3 is 6.18 Å². The zero-order valence-corrected chi connectivity index (χ0v) is 12.3. The van der Waals surface area contributed by atoms with Gasteiger partial charge in [-0.15, -0.1) is 0 Å². The van der Waals surface area contributed by atoms with Gasteiger partial charge in [0.05, 0.1) is 5.56 Å². The first-order valence-electron chi connectivity index (χ1n) is 5.71. The van der Waals surface area contributed by atoms with E-state index < -0.39 is 17.6 Å². The van der Waals surface area contributed by atoms with Crippen molar-refractivity contribution >= 4 is 28.3 Å². The van der Waals surface area contributed by atoms with E-state index >= 15 is 0 Å². The summed E-state index contributed by atoms with van der Waals surface area (Å²) in [6.45, 7) is 0.126. The minimum absolute atomic E-state index is 0.126. The van der Waals surface area contributed by atoms with Gasteiger partial charge in [0.1, 0.15) is 5.82 Å². The van der Waals surface area contributed by atoms with Crippen LogP contribution in [0.1, 0.15) is 11.1 Å². The molecule has 0 aliphatic rings. The van der Waals surface area contributed by atoms with Crippen LogP contribution in [0.4, 0.5) is 23.2 Å². The van der Waals surface area contributed by atoms with E-state index in [9.17, 15) is 17.6 Å². The summed E-state index contributed by atoms with van der Waals surface area (Å²) in [6.07, 6.45) is -4.54. The van der Waals surface area contributed by atoms with Gasteiger partial charge in [0.2, 0.25) is 0 Å². The summed E-state index contributed by atoms with van der Waals surface area (Å²) in [5.74, 6) is -0.890. The summed E-state index contributed by atoms with van der Waals surface area (Å²) >= 11 is 2.13. The Morgan fingerprint density at radius 1 is 1.05 bits per heavy atom. The molecule has 1 nitrogen and oxygen atoms in total. The van der Waals surface area contributed by atoms with E-state index in [1.165, 1.54) is 0 Å². The summed E-state index contributed by atoms with van der Waals surface area (Å²) in [5.41, 5.74) is 0.0443. The van der Waals surface area contributed by atoms with Crippen LogP contribution >= 0.6 is 22.6 Å². The summed E-state index contributed by atoms with van der Waals surface area (Å²) in [7, 11) is 0. The Hall–Kier alpha value is -1.31. The Balaban J connectivity index is 2.16. The molecule has 2 aromatic carbocycles. The first-order valence-corrected chi connectivity index (χ1v) is 6.78. The molecular weight excluding hydrogens is 385 g/mol. The topological polar surface area (TPSA) is 12.0 Å². The number of halogens is 5. The summed E-state index contributed by atoms with van der Waals surface area (Å²) in [5, 5.41) is 2.97. The molecule has 2 rings (SSSR count). The zero-order chi connectivity index (χ0) is 14.8. The minimum Gasteiger partial charge on any atom is -0.381 e. The molecule has 0 bridgehead atoms. The lowest BCUT2D eigenvalue weighted by atomic mass is 10.1. The maximum atomic E-state index is 13.2. The highest BCUT2D eigenvalue weighted by Crippen LogP contribution is 2.30. The Morgan fingerprint density at radius 2 is 1.80 bits per heavy atom. The Bertz CT molecular complexity index is 610. The van der Waals surface area contributed by atoms with Crippen molar-refractivity contribution in [2.75, 3.05) is 5.32 Å². The molecule has 6 heteroatoms. The molecule has 0 radical (unpaired) electrons. The van der Waals surface area contributed by atoms with E-state index in [0.717, 1.165) is 21.4 Å². The van der Waals surface area contributed by atoms with Crippen LogP contribution in [0.3, 0.4) is 0 Å². The number of benzene rings is 2. The van der Waals surface area contributed by atoms with Crippen LogP contribution in [-0.2, 0) is 12.7 Å². The first-order chi connectivity index (χ1) is 9.34. The van der Waals surface area contributed by atoms with Gasteiger partial charge in [-0.05, 0) is 64.6 Å². The maximum absolute atomic E-state index is 13.2. The van der Waals surface area contributed by atoms with Gasteiger partial charge in [-0.1, -0.05) is 6.07 Å². The van der Waals surface area contributed by atoms with E-state index in [4.69, 9.17) is 0 Å². The lowest BCUT2D eigenvalue weighted by molar-refractivity contribution is -0.137. The molecule has 20 heavy (non-hydrogen) atoms. The normalized spacial score (nSPS) is 11.4. The van der Waals surface area contributed by atoms with Gasteiger partial charge in [-0.2, -0.15) is 13.2 Å². The van der Waals surface area contributed by atoms with Crippen LogP contribution in [0.5, 0.6) is 0 Å². The highest BCUT2D eigenvalue weighted by atomic mass is 127. The van der Waals surface area contributed by atoms with Crippen LogP contribution in [0, 0.1) is 9.39 Å². The number of anilines is 1. The fraction of sp³-hybridized carbons (Fsp3) is 0.143. The van der Waals surface area contributed by atoms with Crippen molar-refractivity contribution in [2.45, 2.75) is 12.7 Å². The van der Waals surface area contributed by atoms with Crippen molar-refractivity contribution < 1.29 is 17.6 Å². The fourth-order valence-corrected chi connectivity index (χ4v) is 2.26. The summed E-state index contributed by atoms with van der Waals surface area (Å²) in [6, 6.07) is 9.91. The molecule has 0 saturated carbocycles. The van der Waals surface area contributed by atoms with Crippen LogP contribution in [0.15, 0.2) is 42.5 Å². The highest BCUT2D eigenvalue weighted by Gasteiger charge is 2.31. The molecule has 0 heterocycles. The molecule has 0 saturated heterocycles. The van der Waals surface area contributed by atoms with Gasteiger partial charge in [0.15, 0.2) is 0 Å². The number of rotatable bonds is 3. The number of hydrogen-bond donors (Lipinski definition) is 1. The number of hydrogen-bond acceptors (Lipinski definition) is 1. The van der Waals surface area contributed by atoms with Crippen LogP contribution in [0.2, 0.25) is 0 Å². The van der Waals surface area contributed by atoms with Crippen molar-refractivity contribution in [1.82, 2.24) is 0 Å². The zero-order valence-electron chi connectivity index (χ0n) is 10.1. The van der Waals surface area contributed by atoms with Crippen molar-refractivity contribution in [3.05, 3.63) is 63.0 Å². The van der Waals surface area contributed by atoms with E-state index in [2.05, 4.69) is 27.9 Å². The van der Waals surface area contributed by atoms with Gasteiger partial charge < -0.3 is 5.32 Å². The Morgan fingerprint density at radius 3 is 2.45 bits per heavy atom. The predicted octanol–water partition coefficient (Wildman–Crippen LogP) is 5.06. The predicted molar refractivity (Wildman–Crippen MR) is 77.9 cm³/mol. The van der Waals surface area contributed by atoms with Crippen molar-refractivity contribution in [3.8, 4) is 0 Å². The molecule has 0 aliphatic heterocycles. The molecule has 0 atom stereocenters. The fourth-order valence-electron chi connectivity index (χ4n) is 1.72. The van der Waals surface area contributed by atoms with E-state index in [-0.39, 0.29) is 12.1 Å². The smallest absolute Gasteiger partial charge is 0.381 e. The molecule has 0 fully saturated rings. The van der Waals surface area contributed by atoms with Crippen molar-refractivity contribution in [2.24, 2.45) is 0 Å². The summed E-state index contributed by atoms with van der Waals surface area (Å²) in [4.78, 5) is 0. The third-order valence-corrected chi connectivity index (χ3v) is 3.28. The second kappa shape index (κ2) is 5.99. The van der Waals surface area contributed by atoms with Gasteiger partial charge in [-0.3, -0.25) is 0 Å². The van der Waals surface area contributed by atoms with Gasteiger partial charge in [0.25, 0.3) is 0 Å². The highest BCUT2D eigenvalue weighted by molar-refractivity contribution is 14.1. The number of alkyl halides is 3. The van der Waals surface area contributed by atoms with Crippen molar-refractivity contribution in [3.63, 3.8) is 0 Å². The SMILES string of the molecule is Fc1cc(CNc2cccc(I)c2)cc(C(F)(F)F)c1. The minimum atomic E-state index is -4.54. The first kappa shape index (κ1) is 15.1. The molecule has 0 unspecified atom stereocenters. The van der Waals surface area contributed by atoms with Crippen LogP contribution < -0.4 is 5.32 Å². The van der Waals surface area contributed by atoms with E-state index in [0.29, 0.717) is 6.07 Å². The Kier molecular flexibility index (Phi) is 4.52. The number of nitrogens with one attached hydrogen (secondary N) is 1. The lowest BCUT2D eigenvalue weighted by Crippen LogP contribution is -2.08. The molecule has 0 amide bonds. The third-order valence-electron chi connectivity index (χ3n) is 2.61. The average Bonchev–Trinajstić information content (AvgIpc) is 2.35. The second-order valence-electron chi connectivity index (χ2n) is 4.21. The standard InChI is InChI=1S/C14H10F4IN/c15-11-5-9(4-10(6-11)14(16,17)18)8-20-13-3-1-2-12(19)7-13/h1-7,20H,8H2. The molecular formula is C14H10F4IN. The average molecular weight is 395 g/mol. The molecule has 1 N–H and O–H groups in total. The van der Waals surface area contributed by atoms with E-state index in [1.807, 2.05) is 18.2 Å². The molecule has 0 aliphatic carbocycles. The molecule has 106 valence electrons. The molecule has 2 aromatic rings. The van der Waals surface area contributed by atoms with Crippen molar-refractivity contribution in [1.29, 1.82) is 0 Å². The quantitative estimate of drug-likeness (QED) is 0.566. The van der Waals surface area contributed by atoms with Gasteiger partial charge in [0, 0.05) is 15.8 Å². The largest absolute Gasteiger partial charge is 0.416 e. The molecule has 0 aromatic heterocycles. The van der Waals surface area contributed by atoms with Crippen LogP contribution in [-0.4, -0.2) is 0 Å². The molecule has 0 spiro atoms. The third kappa shape index (κ3) is 4.09. The summed E-state index contributed by atoms with van der Waals surface area (Å²) < 4.78 is 51.9. The van der Waals surface area contributed by atoms with E-state index in [1.54, 1.807) is 6.07 Å². The van der Waals surface area contributed by atoms with Gasteiger partial charge in [-0.25, -0.2) is 4.39 Å².